The molecule has 0 fully saturated rings. The summed E-state index contributed by atoms with van der Waals surface area (Å²) < 4.78 is 16.7. The minimum absolute atomic E-state index is 0.102. The molecule has 0 bridgehead atoms. The van der Waals surface area contributed by atoms with Crippen molar-refractivity contribution in [2.75, 3.05) is 13.2 Å². The Morgan fingerprint density at radius 3 is 1.16 bits per heavy atom. The van der Waals surface area contributed by atoms with Gasteiger partial charge in [0.15, 0.2) is 6.10 Å². The highest BCUT2D eigenvalue weighted by atomic mass is 16.6. The number of ether oxygens (including phenoxy) is 3. The van der Waals surface area contributed by atoms with Gasteiger partial charge >= 0.3 is 17.9 Å². The minimum atomic E-state index is -0.802. The fourth-order valence-corrected chi connectivity index (χ4v) is 6.48. The van der Waals surface area contributed by atoms with Crippen LogP contribution in [0.3, 0.4) is 0 Å². The van der Waals surface area contributed by atoms with Crippen LogP contribution in [0.2, 0.25) is 0 Å². The molecule has 1 unspecified atom stereocenters. The second-order valence-electron chi connectivity index (χ2n) is 16.1. The molecule has 1 atom stereocenters. The predicted octanol–water partition coefficient (Wildman–Crippen LogP) is 16.2. The number of carbonyl (C=O) groups excluding carboxylic acids is 3. The zero-order valence-electron chi connectivity index (χ0n) is 39.4. The number of hydrogen-bond donors (Lipinski definition) is 0. The number of carbonyl (C=O) groups is 3. The van der Waals surface area contributed by atoms with Gasteiger partial charge in [0.2, 0.25) is 0 Å². The highest BCUT2D eigenvalue weighted by Crippen LogP contribution is 2.13. The predicted molar refractivity (Wildman–Crippen MR) is 260 cm³/mol. The molecule has 0 aliphatic heterocycles. The second-order valence-corrected chi connectivity index (χ2v) is 16.1. The van der Waals surface area contributed by atoms with E-state index in [1.807, 2.05) is 0 Å². The molecule has 0 aromatic carbocycles. The van der Waals surface area contributed by atoms with Crippen LogP contribution in [-0.4, -0.2) is 37.2 Å². The fourth-order valence-electron chi connectivity index (χ4n) is 6.48. The van der Waals surface area contributed by atoms with Crippen LogP contribution in [0.5, 0.6) is 0 Å². The molecule has 0 saturated heterocycles. The van der Waals surface area contributed by atoms with Crippen molar-refractivity contribution in [3.05, 3.63) is 97.2 Å². The van der Waals surface area contributed by atoms with Crippen LogP contribution < -0.4 is 0 Å². The van der Waals surface area contributed by atoms with Crippen molar-refractivity contribution < 1.29 is 28.6 Å². The van der Waals surface area contributed by atoms with Gasteiger partial charge < -0.3 is 14.2 Å². The molecule has 0 aromatic heterocycles. The number of esters is 3. The summed E-state index contributed by atoms with van der Waals surface area (Å²) in [5, 5.41) is 0. The number of hydrogen-bond acceptors (Lipinski definition) is 6. The molecule has 0 amide bonds. The van der Waals surface area contributed by atoms with Gasteiger partial charge in [0.1, 0.15) is 13.2 Å². The maximum atomic E-state index is 12.8. The Bertz CT molecular complexity index is 1250. The van der Waals surface area contributed by atoms with E-state index in [0.29, 0.717) is 19.3 Å². The Morgan fingerprint density at radius 1 is 0.361 bits per heavy atom. The SMILES string of the molecule is CC\C=C/C=C\C=C/CCCCCCCC(=O)OC(COC(=O)CCCCCCC\C=C/C=C\C=C/CCCCCCC)COC(=O)CCCCCCC/C=C\C/C=C\CC. The molecule has 0 spiro atoms. The molecule has 6 nitrogen and oxygen atoms in total. The molecule has 0 radical (unpaired) electrons. The van der Waals surface area contributed by atoms with Crippen molar-refractivity contribution in [1.29, 1.82) is 0 Å². The third kappa shape index (κ3) is 47.2. The Balaban J connectivity index is 4.46. The van der Waals surface area contributed by atoms with Gasteiger partial charge in [-0.05, 0) is 89.9 Å². The van der Waals surface area contributed by atoms with E-state index in [-0.39, 0.29) is 31.1 Å². The lowest BCUT2D eigenvalue weighted by molar-refractivity contribution is -0.167. The molecule has 61 heavy (non-hydrogen) atoms. The molecule has 0 heterocycles. The lowest BCUT2D eigenvalue weighted by Gasteiger charge is -2.18. The van der Waals surface area contributed by atoms with Crippen molar-refractivity contribution in [2.24, 2.45) is 0 Å². The van der Waals surface area contributed by atoms with Gasteiger partial charge in [0.05, 0.1) is 0 Å². The molecule has 0 aliphatic carbocycles. The van der Waals surface area contributed by atoms with Crippen LogP contribution in [0.4, 0.5) is 0 Å². The smallest absolute Gasteiger partial charge is 0.306 e. The number of allylic oxidation sites excluding steroid dienone is 16. The highest BCUT2D eigenvalue weighted by molar-refractivity contribution is 5.71. The summed E-state index contributed by atoms with van der Waals surface area (Å²) >= 11 is 0. The molecule has 0 aromatic rings. The van der Waals surface area contributed by atoms with E-state index in [4.69, 9.17) is 14.2 Å². The number of rotatable bonds is 43. The average molecular weight is 847 g/mol. The summed E-state index contributed by atoms with van der Waals surface area (Å²) in [6, 6.07) is 0. The Labute approximate surface area is 375 Å². The summed E-state index contributed by atoms with van der Waals surface area (Å²) in [6.07, 6.45) is 63.9. The van der Waals surface area contributed by atoms with E-state index in [1.165, 1.54) is 32.1 Å². The monoisotopic (exact) mass is 847 g/mol. The van der Waals surface area contributed by atoms with Gasteiger partial charge in [0, 0.05) is 19.3 Å². The van der Waals surface area contributed by atoms with E-state index >= 15 is 0 Å². The van der Waals surface area contributed by atoms with Crippen molar-refractivity contribution in [1.82, 2.24) is 0 Å². The largest absolute Gasteiger partial charge is 0.462 e. The first-order valence-electron chi connectivity index (χ1n) is 24.8. The van der Waals surface area contributed by atoms with Crippen molar-refractivity contribution >= 4 is 17.9 Å². The molecular formula is C55H90O6. The van der Waals surface area contributed by atoms with Crippen LogP contribution in [0, 0.1) is 0 Å². The van der Waals surface area contributed by atoms with Crippen LogP contribution >= 0.6 is 0 Å². The summed E-state index contributed by atoms with van der Waals surface area (Å²) in [5.41, 5.74) is 0. The van der Waals surface area contributed by atoms with Gasteiger partial charge in [-0.15, -0.1) is 0 Å². The zero-order valence-corrected chi connectivity index (χ0v) is 39.4. The summed E-state index contributed by atoms with van der Waals surface area (Å²) in [5.74, 6) is -0.962. The van der Waals surface area contributed by atoms with Crippen molar-refractivity contribution in [3.63, 3.8) is 0 Å². The Kier molecular flexibility index (Phi) is 46.0. The fraction of sp³-hybridized carbons (Fsp3) is 0.655. The lowest BCUT2D eigenvalue weighted by atomic mass is 10.1. The van der Waals surface area contributed by atoms with Gasteiger partial charge in [-0.25, -0.2) is 0 Å². The van der Waals surface area contributed by atoms with Crippen LogP contribution in [-0.2, 0) is 28.6 Å². The van der Waals surface area contributed by atoms with Crippen LogP contribution in [0.25, 0.3) is 0 Å². The van der Waals surface area contributed by atoms with Gasteiger partial charge in [-0.3, -0.25) is 14.4 Å². The maximum absolute atomic E-state index is 12.8. The zero-order chi connectivity index (χ0) is 44.4. The molecule has 0 N–H and O–H groups in total. The van der Waals surface area contributed by atoms with E-state index < -0.39 is 6.10 Å². The average Bonchev–Trinajstić information content (AvgIpc) is 3.26. The van der Waals surface area contributed by atoms with E-state index in [0.717, 1.165) is 141 Å². The van der Waals surface area contributed by atoms with E-state index in [1.54, 1.807) is 0 Å². The molecule has 0 rings (SSSR count). The van der Waals surface area contributed by atoms with Gasteiger partial charge in [0.25, 0.3) is 0 Å². The standard InChI is InChI=1S/C55H90O6/c1-4-7-10-13-16-19-22-25-26-27-28-29-31-33-36-39-42-45-48-54(57)60-51-52(50-59-53(56)47-44-41-38-35-32-24-21-18-15-12-9-6-3)61-55(58)49-46-43-40-37-34-30-23-20-17-14-11-8-5-2/h8-9,11-12,14,17-18,20-23,25-29,52H,4-7,10,13,15-16,19,24,30-51H2,1-3H3/b11-8-,12-9-,17-14-,21-18-,23-20-,25-22-,27-26-,29-28-. The molecule has 0 saturated carbocycles. The molecule has 0 aliphatic rings. The summed E-state index contributed by atoms with van der Waals surface area (Å²) in [7, 11) is 0. The van der Waals surface area contributed by atoms with Gasteiger partial charge in [-0.1, -0.05) is 201 Å². The first-order valence-corrected chi connectivity index (χ1v) is 24.8. The normalized spacial score (nSPS) is 12.9. The van der Waals surface area contributed by atoms with E-state index in [9.17, 15) is 14.4 Å². The topological polar surface area (TPSA) is 78.9 Å². The Morgan fingerprint density at radius 2 is 0.721 bits per heavy atom. The summed E-state index contributed by atoms with van der Waals surface area (Å²) in [4.78, 5) is 37.9. The quantitative estimate of drug-likeness (QED) is 0.0200. The van der Waals surface area contributed by atoms with E-state index in [2.05, 4.69) is 118 Å². The first-order chi connectivity index (χ1) is 30.0. The highest BCUT2D eigenvalue weighted by Gasteiger charge is 2.19. The number of unbranched alkanes of at least 4 members (excludes halogenated alkanes) is 20. The summed E-state index contributed by atoms with van der Waals surface area (Å²) in [6.45, 7) is 6.31. The molecular weight excluding hydrogens is 757 g/mol. The third-order valence-corrected chi connectivity index (χ3v) is 10.2. The maximum Gasteiger partial charge on any atom is 0.306 e. The first kappa shape index (κ1) is 57.3. The van der Waals surface area contributed by atoms with Crippen LogP contribution in [0.1, 0.15) is 213 Å². The minimum Gasteiger partial charge on any atom is -0.462 e. The van der Waals surface area contributed by atoms with Crippen molar-refractivity contribution in [2.45, 2.75) is 219 Å². The molecule has 6 heteroatoms. The third-order valence-electron chi connectivity index (χ3n) is 10.2. The molecule has 346 valence electrons. The van der Waals surface area contributed by atoms with Crippen molar-refractivity contribution in [3.8, 4) is 0 Å². The lowest BCUT2D eigenvalue weighted by Crippen LogP contribution is -2.30. The van der Waals surface area contributed by atoms with Gasteiger partial charge in [-0.2, -0.15) is 0 Å². The van der Waals surface area contributed by atoms with Crippen LogP contribution in [0.15, 0.2) is 97.2 Å². The second kappa shape index (κ2) is 49.0. The Hall–Kier alpha value is -3.67.